The molecule has 1 aromatic heterocycles. The molecule has 0 saturated heterocycles. The molecule has 134 valence electrons. The molecule has 0 amide bonds. The van der Waals surface area contributed by atoms with Crippen molar-refractivity contribution in [1.29, 1.82) is 0 Å². The molecule has 0 aliphatic rings. The van der Waals surface area contributed by atoms with Gasteiger partial charge in [0, 0.05) is 24.2 Å². The van der Waals surface area contributed by atoms with E-state index in [1.165, 1.54) is 14.2 Å². The Labute approximate surface area is 147 Å². The highest BCUT2D eigenvalue weighted by Crippen LogP contribution is 2.33. The Balaban J connectivity index is 0.00000288. The van der Waals surface area contributed by atoms with Crippen LogP contribution in [0.5, 0.6) is 5.75 Å². The Bertz CT molecular complexity index is 728. The lowest BCUT2D eigenvalue weighted by Crippen LogP contribution is -2.19. The summed E-state index contributed by atoms with van der Waals surface area (Å²) < 4.78 is 26.6. The summed E-state index contributed by atoms with van der Waals surface area (Å²) in [7, 11) is 6.74. The van der Waals surface area contributed by atoms with E-state index in [4.69, 9.17) is 9.47 Å². The predicted octanol–water partition coefficient (Wildman–Crippen LogP) is 2.80. The van der Waals surface area contributed by atoms with Crippen molar-refractivity contribution < 1.29 is 18.7 Å². The molecule has 0 unspecified atom stereocenters. The van der Waals surface area contributed by atoms with Crippen LogP contribution in [0.3, 0.4) is 0 Å². The van der Waals surface area contributed by atoms with Crippen LogP contribution < -0.4 is 4.74 Å². The van der Waals surface area contributed by atoms with Gasteiger partial charge in [0.05, 0.1) is 26.2 Å². The van der Waals surface area contributed by atoms with E-state index in [1.807, 2.05) is 31.7 Å². The van der Waals surface area contributed by atoms with Crippen molar-refractivity contribution in [2.75, 3.05) is 34.9 Å². The molecule has 0 aliphatic heterocycles. The number of fused-ring (bicyclic) bond motifs is 1. The van der Waals surface area contributed by atoms with Crippen molar-refractivity contribution in [3.63, 3.8) is 0 Å². The molecule has 0 aliphatic carbocycles. The number of benzene rings is 1. The van der Waals surface area contributed by atoms with Crippen LogP contribution >= 0.6 is 12.4 Å². The van der Waals surface area contributed by atoms with Gasteiger partial charge in [-0.2, -0.15) is 0 Å². The number of aromatic nitrogens is 1. The van der Waals surface area contributed by atoms with E-state index in [2.05, 4.69) is 4.90 Å². The van der Waals surface area contributed by atoms with Crippen LogP contribution in [0.4, 0.5) is 4.39 Å². The minimum atomic E-state index is -0.435. The van der Waals surface area contributed by atoms with Crippen LogP contribution in [-0.4, -0.2) is 50.3 Å². The molecule has 2 aromatic rings. The lowest BCUT2D eigenvalue weighted by atomic mass is 10.1. The maximum absolute atomic E-state index is 14.8. The summed E-state index contributed by atoms with van der Waals surface area (Å²) in [6.45, 7) is 3.43. The van der Waals surface area contributed by atoms with Gasteiger partial charge in [0.1, 0.15) is 0 Å². The topological polar surface area (TPSA) is 43.7 Å². The van der Waals surface area contributed by atoms with E-state index < -0.39 is 5.82 Å². The molecule has 0 N–H and O–H groups in total. The number of likely N-dealkylation sites (N-methyl/N-ethyl adjacent to an activating group) is 1. The Kier molecular flexibility index (Phi) is 7.05. The molecule has 0 fully saturated rings. The summed E-state index contributed by atoms with van der Waals surface area (Å²) in [5, 5.41) is 0.436. The van der Waals surface area contributed by atoms with E-state index in [0.29, 0.717) is 17.5 Å². The number of halogens is 2. The maximum atomic E-state index is 14.8. The van der Waals surface area contributed by atoms with E-state index in [1.54, 1.807) is 6.07 Å². The van der Waals surface area contributed by atoms with E-state index in [-0.39, 0.29) is 30.5 Å². The zero-order valence-electron chi connectivity index (χ0n) is 14.7. The summed E-state index contributed by atoms with van der Waals surface area (Å²) in [6, 6.07) is 3.45. The molecule has 0 radical (unpaired) electrons. The lowest BCUT2D eigenvalue weighted by Gasteiger charge is -2.13. The first kappa shape index (κ1) is 20.3. The average molecular weight is 359 g/mol. The van der Waals surface area contributed by atoms with Crippen LogP contribution in [-0.2, 0) is 22.5 Å². The molecule has 0 saturated carbocycles. The maximum Gasteiger partial charge on any atom is 0.310 e. The first-order valence-electron chi connectivity index (χ1n) is 7.46. The second-order valence-corrected chi connectivity index (χ2v) is 5.75. The number of rotatable bonds is 6. The summed E-state index contributed by atoms with van der Waals surface area (Å²) in [4.78, 5) is 13.8. The highest BCUT2D eigenvalue weighted by atomic mass is 35.5. The van der Waals surface area contributed by atoms with Gasteiger partial charge in [0.15, 0.2) is 11.6 Å². The van der Waals surface area contributed by atoms with Crippen molar-refractivity contribution in [1.82, 2.24) is 9.47 Å². The van der Waals surface area contributed by atoms with Crippen molar-refractivity contribution >= 4 is 29.3 Å². The minimum absolute atomic E-state index is 0. The Morgan fingerprint density at radius 2 is 1.96 bits per heavy atom. The molecular weight excluding hydrogens is 335 g/mol. The Morgan fingerprint density at radius 3 is 2.50 bits per heavy atom. The Morgan fingerprint density at radius 1 is 1.29 bits per heavy atom. The monoisotopic (exact) mass is 358 g/mol. The number of carbonyl (C=O) groups excluding carboxylic acids is 1. The summed E-state index contributed by atoms with van der Waals surface area (Å²) in [6.07, 6.45) is 0.0396. The molecule has 1 heterocycles. The van der Waals surface area contributed by atoms with Crippen LogP contribution in [0, 0.1) is 12.7 Å². The zero-order chi connectivity index (χ0) is 17.1. The van der Waals surface area contributed by atoms with Crippen molar-refractivity contribution in [2.24, 2.45) is 0 Å². The number of ether oxygens (including phenoxy) is 2. The molecule has 7 heteroatoms. The summed E-state index contributed by atoms with van der Waals surface area (Å²) in [5.74, 6) is -0.647. The number of hydrogen-bond acceptors (Lipinski definition) is 4. The normalized spacial score (nSPS) is 10.8. The molecule has 0 bridgehead atoms. The molecule has 1 aromatic carbocycles. The smallest absolute Gasteiger partial charge is 0.310 e. The largest absolute Gasteiger partial charge is 0.494 e. The fourth-order valence-electron chi connectivity index (χ4n) is 2.76. The van der Waals surface area contributed by atoms with Crippen molar-refractivity contribution in [3.8, 4) is 5.75 Å². The minimum Gasteiger partial charge on any atom is -0.494 e. The highest BCUT2D eigenvalue weighted by molar-refractivity contribution is 5.91. The number of nitrogens with zero attached hydrogens (tertiary/aromatic N) is 2. The first-order valence-corrected chi connectivity index (χ1v) is 7.46. The van der Waals surface area contributed by atoms with Crippen molar-refractivity contribution in [2.45, 2.75) is 19.9 Å². The van der Waals surface area contributed by atoms with Crippen molar-refractivity contribution in [3.05, 3.63) is 29.2 Å². The van der Waals surface area contributed by atoms with Gasteiger partial charge in [-0.25, -0.2) is 4.39 Å². The quantitative estimate of drug-likeness (QED) is 0.745. The average Bonchev–Trinajstić information content (AvgIpc) is 2.78. The summed E-state index contributed by atoms with van der Waals surface area (Å²) >= 11 is 0. The van der Waals surface area contributed by atoms with Crippen LogP contribution in [0.2, 0.25) is 0 Å². The summed E-state index contributed by atoms with van der Waals surface area (Å²) in [5.41, 5.74) is 2.29. The van der Waals surface area contributed by atoms with E-state index in [9.17, 15) is 9.18 Å². The third kappa shape index (κ3) is 3.82. The third-order valence-electron chi connectivity index (χ3n) is 4.06. The van der Waals surface area contributed by atoms with Gasteiger partial charge in [-0.05, 0) is 38.7 Å². The fourth-order valence-corrected chi connectivity index (χ4v) is 2.76. The van der Waals surface area contributed by atoms with Gasteiger partial charge in [-0.15, -0.1) is 12.4 Å². The predicted molar refractivity (Wildman–Crippen MR) is 94.7 cm³/mol. The van der Waals surface area contributed by atoms with Gasteiger partial charge in [-0.3, -0.25) is 4.79 Å². The second kappa shape index (κ2) is 8.35. The number of esters is 1. The van der Waals surface area contributed by atoms with Gasteiger partial charge in [-0.1, -0.05) is 0 Å². The van der Waals surface area contributed by atoms with Gasteiger partial charge in [0.2, 0.25) is 0 Å². The standard InChI is InChI=1S/C17H23FN2O3.ClH/c1-11-12(10-15(21)23-5)16-13(20(11)9-8-19(2)3)6-7-14(22-4)17(16)18;/h6-7H,8-10H2,1-5H3;1H. The first-order chi connectivity index (χ1) is 10.9. The number of methoxy groups -OCH3 is 2. The molecule has 24 heavy (non-hydrogen) atoms. The molecule has 0 spiro atoms. The van der Waals surface area contributed by atoms with Crippen LogP contribution in [0.15, 0.2) is 12.1 Å². The molecule has 5 nitrogen and oxygen atoms in total. The molecule has 0 atom stereocenters. The van der Waals surface area contributed by atoms with Crippen LogP contribution in [0.1, 0.15) is 11.3 Å². The highest BCUT2D eigenvalue weighted by Gasteiger charge is 2.22. The fraction of sp³-hybridized carbons (Fsp3) is 0.471. The second-order valence-electron chi connectivity index (χ2n) is 5.75. The van der Waals surface area contributed by atoms with Crippen LogP contribution in [0.25, 0.3) is 10.9 Å². The third-order valence-corrected chi connectivity index (χ3v) is 4.06. The molecular formula is C17H24ClFN2O3. The number of carbonyl (C=O) groups is 1. The van der Waals surface area contributed by atoms with Gasteiger partial charge in [0.25, 0.3) is 0 Å². The molecule has 2 rings (SSSR count). The lowest BCUT2D eigenvalue weighted by molar-refractivity contribution is -0.139. The zero-order valence-corrected chi connectivity index (χ0v) is 15.5. The van der Waals surface area contributed by atoms with Gasteiger partial charge >= 0.3 is 5.97 Å². The Hall–Kier alpha value is -1.79. The SMILES string of the molecule is COC(=O)Cc1c(C)n(CCN(C)C)c2ccc(OC)c(F)c12.Cl. The number of hydrogen-bond donors (Lipinski definition) is 0. The van der Waals surface area contributed by atoms with Gasteiger partial charge < -0.3 is 18.9 Å². The van der Waals surface area contributed by atoms with E-state index in [0.717, 1.165) is 17.8 Å². The van der Waals surface area contributed by atoms with E-state index >= 15 is 0 Å².